The maximum absolute atomic E-state index is 13.7. The van der Waals surface area contributed by atoms with E-state index in [0.29, 0.717) is 6.42 Å². The lowest BCUT2D eigenvalue weighted by Crippen LogP contribution is -2.44. The molecule has 0 aromatic heterocycles. The first-order chi connectivity index (χ1) is 9.38. The molecule has 108 valence electrons. The Hall–Kier alpha value is -1.14. The van der Waals surface area contributed by atoms with E-state index in [1.807, 2.05) is 0 Å². The fourth-order valence-corrected chi connectivity index (χ4v) is 5.21. The van der Waals surface area contributed by atoms with Gasteiger partial charge in [0.2, 0.25) is 5.91 Å². The Balaban J connectivity index is 1.76. The molecule has 2 aliphatic rings. The van der Waals surface area contributed by atoms with Crippen LogP contribution in [0.15, 0.2) is 18.2 Å². The number of benzene rings is 1. The van der Waals surface area contributed by atoms with Gasteiger partial charge in [-0.2, -0.15) is 0 Å². The lowest BCUT2D eigenvalue weighted by molar-refractivity contribution is -0.131. The Morgan fingerprint density at radius 3 is 2.75 bits per heavy atom. The lowest BCUT2D eigenvalue weighted by Gasteiger charge is -2.27. The van der Waals surface area contributed by atoms with Crippen molar-refractivity contribution in [2.24, 2.45) is 0 Å². The first-order valence-corrected chi connectivity index (χ1v) is 8.42. The van der Waals surface area contributed by atoms with Gasteiger partial charge in [-0.25, -0.2) is 12.8 Å². The van der Waals surface area contributed by atoms with E-state index in [0.717, 1.165) is 0 Å². The van der Waals surface area contributed by atoms with Crippen LogP contribution in [0.5, 0.6) is 0 Å². The average Bonchev–Trinajstić information content (AvgIpc) is 2.89. The van der Waals surface area contributed by atoms with Gasteiger partial charge >= 0.3 is 0 Å². The zero-order chi connectivity index (χ0) is 14.5. The molecule has 0 N–H and O–H groups in total. The zero-order valence-electron chi connectivity index (χ0n) is 10.6. The second-order valence-electron chi connectivity index (χ2n) is 5.26. The number of hydrogen-bond donors (Lipinski definition) is 0. The fraction of sp³-hybridized carbons (Fsp3) is 0.462. The third-order valence-corrected chi connectivity index (χ3v) is 6.58. The Labute approximate surface area is 121 Å². The standard InChI is InChI=1S/C13H13ClFNO3S/c14-11-2-1-3-12(15)10(11)5-13(17)16-6-9-4-8(16)7-20(9,18)19/h1-3,8-9H,4-7H2. The van der Waals surface area contributed by atoms with Crippen molar-refractivity contribution >= 4 is 27.3 Å². The summed E-state index contributed by atoms with van der Waals surface area (Å²) in [5.41, 5.74) is 0.171. The highest BCUT2D eigenvalue weighted by molar-refractivity contribution is 7.92. The van der Waals surface area contributed by atoms with Crippen LogP contribution < -0.4 is 0 Å². The van der Waals surface area contributed by atoms with Crippen molar-refractivity contribution in [1.29, 1.82) is 0 Å². The van der Waals surface area contributed by atoms with Gasteiger partial charge in [0.15, 0.2) is 9.84 Å². The van der Waals surface area contributed by atoms with Crippen molar-refractivity contribution in [3.05, 3.63) is 34.6 Å². The number of rotatable bonds is 2. The van der Waals surface area contributed by atoms with Gasteiger partial charge in [0.05, 0.1) is 17.4 Å². The van der Waals surface area contributed by atoms with Gasteiger partial charge in [-0.05, 0) is 18.6 Å². The van der Waals surface area contributed by atoms with E-state index in [1.165, 1.54) is 18.2 Å². The predicted molar refractivity (Wildman–Crippen MR) is 72.8 cm³/mol. The molecular formula is C13H13ClFNO3S. The summed E-state index contributed by atoms with van der Waals surface area (Å²) in [7, 11) is -3.04. The smallest absolute Gasteiger partial charge is 0.227 e. The Morgan fingerprint density at radius 2 is 2.20 bits per heavy atom. The van der Waals surface area contributed by atoms with Crippen LogP contribution in [0.1, 0.15) is 12.0 Å². The van der Waals surface area contributed by atoms with Crippen LogP contribution >= 0.6 is 11.6 Å². The van der Waals surface area contributed by atoms with Crippen molar-refractivity contribution in [2.45, 2.75) is 24.1 Å². The number of nitrogens with zero attached hydrogens (tertiary/aromatic N) is 1. The summed E-state index contributed by atoms with van der Waals surface area (Å²) in [4.78, 5) is 13.8. The highest BCUT2D eigenvalue weighted by Crippen LogP contribution is 2.33. The highest BCUT2D eigenvalue weighted by atomic mass is 35.5. The highest BCUT2D eigenvalue weighted by Gasteiger charge is 2.49. The van der Waals surface area contributed by atoms with E-state index < -0.39 is 20.9 Å². The molecule has 2 bridgehead atoms. The largest absolute Gasteiger partial charge is 0.337 e. The molecule has 2 heterocycles. The third-order valence-electron chi connectivity index (χ3n) is 4.02. The first-order valence-electron chi connectivity index (χ1n) is 6.32. The van der Waals surface area contributed by atoms with E-state index in [-0.39, 0.29) is 41.3 Å². The molecule has 1 aromatic rings. The molecule has 1 aromatic carbocycles. The van der Waals surface area contributed by atoms with Crippen LogP contribution in [0.2, 0.25) is 5.02 Å². The van der Waals surface area contributed by atoms with Gasteiger partial charge in [-0.1, -0.05) is 17.7 Å². The maximum Gasteiger partial charge on any atom is 0.227 e. The number of hydrogen-bond acceptors (Lipinski definition) is 3. The third kappa shape index (κ3) is 2.20. The van der Waals surface area contributed by atoms with Crippen LogP contribution in [0.3, 0.4) is 0 Å². The monoisotopic (exact) mass is 317 g/mol. The van der Waals surface area contributed by atoms with Gasteiger partial charge in [-0.3, -0.25) is 4.79 Å². The number of likely N-dealkylation sites (tertiary alicyclic amines) is 1. The number of amides is 1. The molecule has 20 heavy (non-hydrogen) atoms. The first kappa shape index (κ1) is 13.8. The summed E-state index contributed by atoms with van der Waals surface area (Å²) in [5, 5.41) is -0.233. The number of sulfone groups is 1. The quantitative estimate of drug-likeness (QED) is 0.829. The van der Waals surface area contributed by atoms with E-state index in [4.69, 9.17) is 11.6 Å². The maximum atomic E-state index is 13.7. The average molecular weight is 318 g/mol. The minimum absolute atomic E-state index is 0.0222. The molecule has 0 spiro atoms. The second-order valence-corrected chi connectivity index (χ2v) is 8.00. The fourth-order valence-electron chi connectivity index (χ4n) is 2.96. The molecule has 0 saturated carbocycles. The van der Waals surface area contributed by atoms with E-state index in [9.17, 15) is 17.6 Å². The van der Waals surface area contributed by atoms with Crippen molar-refractivity contribution in [3.8, 4) is 0 Å². The second kappa shape index (κ2) is 4.70. The summed E-state index contributed by atoms with van der Waals surface area (Å²) >= 11 is 5.90. The molecule has 0 radical (unpaired) electrons. The summed E-state index contributed by atoms with van der Waals surface area (Å²) in [6.45, 7) is 0.220. The number of carbonyl (C=O) groups excluding carboxylic acids is 1. The van der Waals surface area contributed by atoms with Crippen LogP contribution in [0, 0.1) is 5.82 Å². The number of carbonyl (C=O) groups is 1. The van der Waals surface area contributed by atoms with Gasteiger partial charge in [-0.15, -0.1) is 0 Å². The molecule has 4 nitrogen and oxygen atoms in total. The summed E-state index contributed by atoms with van der Waals surface area (Å²) in [6, 6.07) is 4.02. The normalized spacial score (nSPS) is 27.0. The van der Waals surface area contributed by atoms with Crippen molar-refractivity contribution in [2.75, 3.05) is 12.3 Å². The van der Waals surface area contributed by atoms with Crippen molar-refractivity contribution in [3.63, 3.8) is 0 Å². The van der Waals surface area contributed by atoms with Gasteiger partial charge in [0, 0.05) is 23.2 Å². The Kier molecular flexibility index (Phi) is 3.25. The van der Waals surface area contributed by atoms with Gasteiger partial charge < -0.3 is 4.90 Å². The molecule has 2 fully saturated rings. The molecule has 2 saturated heterocycles. The Morgan fingerprint density at radius 1 is 1.45 bits per heavy atom. The van der Waals surface area contributed by atoms with E-state index in [1.54, 1.807) is 4.90 Å². The SMILES string of the molecule is O=C(Cc1c(F)cccc1Cl)N1CC2CC1CS2(=O)=O. The number of halogens is 2. The summed E-state index contributed by atoms with van der Waals surface area (Å²) in [6.07, 6.45) is 0.369. The van der Waals surface area contributed by atoms with Crippen LogP contribution in [0.4, 0.5) is 4.39 Å². The van der Waals surface area contributed by atoms with Gasteiger partial charge in [0.1, 0.15) is 5.82 Å². The topological polar surface area (TPSA) is 54.5 Å². The molecule has 1 amide bonds. The molecule has 2 atom stereocenters. The minimum Gasteiger partial charge on any atom is -0.337 e. The van der Waals surface area contributed by atoms with Crippen molar-refractivity contribution in [1.82, 2.24) is 4.90 Å². The summed E-state index contributed by atoms with van der Waals surface area (Å²) < 4.78 is 36.9. The molecule has 2 aliphatic heterocycles. The summed E-state index contributed by atoms with van der Waals surface area (Å²) in [5.74, 6) is -0.753. The predicted octanol–water partition coefficient (Wildman–Crippen LogP) is 1.42. The number of fused-ring (bicyclic) bond motifs is 2. The van der Waals surface area contributed by atoms with Crippen LogP contribution in [-0.2, 0) is 21.1 Å². The molecule has 0 aliphatic carbocycles. The molecule has 7 heteroatoms. The van der Waals surface area contributed by atoms with Crippen molar-refractivity contribution < 1.29 is 17.6 Å². The van der Waals surface area contributed by atoms with Crippen LogP contribution in [0.25, 0.3) is 0 Å². The van der Waals surface area contributed by atoms with Gasteiger partial charge in [0.25, 0.3) is 0 Å². The Bertz CT molecular complexity index is 656. The molecule has 2 unspecified atom stereocenters. The molecule has 3 rings (SSSR count). The molecular weight excluding hydrogens is 305 g/mol. The van der Waals surface area contributed by atoms with E-state index >= 15 is 0 Å². The zero-order valence-corrected chi connectivity index (χ0v) is 12.1. The van der Waals surface area contributed by atoms with E-state index in [2.05, 4.69) is 0 Å². The lowest BCUT2D eigenvalue weighted by atomic mass is 10.1. The minimum atomic E-state index is -3.04. The van der Waals surface area contributed by atoms with Crippen LogP contribution in [-0.4, -0.2) is 42.8 Å².